The van der Waals surface area contributed by atoms with Crippen molar-refractivity contribution >= 4 is 46.6 Å². The van der Waals surface area contributed by atoms with Gasteiger partial charge in [-0.25, -0.2) is 19.2 Å². The minimum Gasteiger partial charge on any atom is -0.477 e. The second-order valence-electron chi connectivity index (χ2n) is 5.92. The second-order valence-corrected chi connectivity index (χ2v) is 6.79. The third-order valence-corrected chi connectivity index (χ3v) is 5.00. The van der Waals surface area contributed by atoms with E-state index in [2.05, 4.69) is 9.97 Å². The van der Waals surface area contributed by atoms with Crippen LogP contribution in [0.15, 0.2) is 28.6 Å². The van der Waals surface area contributed by atoms with Crippen LogP contribution in [0.5, 0.6) is 0 Å². The molecule has 1 aliphatic heterocycles. The van der Waals surface area contributed by atoms with E-state index in [1.165, 1.54) is 22.1 Å². The molecule has 3 aromatic heterocycles. The summed E-state index contributed by atoms with van der Waals surface area (Å²) < 4.78 is 16.0. The van der Waals surface area contributed by atoms with Gasteiger partial charge in [-0.05, 0) is 12.5 Å². The lowest BCUT2D eigenvalue weighted by molar-refractivity contribution is 0.0695. The van der Waals surface area contributed by atoms with Crippen LogP contribution in [-0.2, 0) is 0 Å². The van der Waals surface area contributed by atoms with Gasteiger partial charge in [0.25, 0.3) is 0 Å². The van der Waals surface area contributed by atoms with E-state index < -0.39 is 28.9 Å². The minimum absolute atomic E-state index is 0. The van der Waals surface area contributed by atoms with E-state index in [1.807, 2.05) is 0 Å². The highest BCUT2D eigenvalue weighted by molar-refractivity contribution is 7.12. The standard InChI is InChI=1S/C16H13FN4O4S.ClH/c17-11-5-9-12(23)10(15(24)25)7-21(16-18-2-4-26-16)13(9)19-14(11)20-3-1-8(22)6-20;/h2,4-5,7-8,22H,1,3,6H2,(H,24,25);1H/t8-;/m1./s1. The lowest BCUT2D eigenvalue weighted by Gasteiger charge is -2.18. The van der Waals surface area contributed by atoms with Crippen molar-refractivity contribution in [3.8, 4) is 5.13 Å². The van der Waals surface area contributed by atoms with Gasteiger partial charge < -0.3 is 15.1 Å². The number of aromatic carboxylic acids is 1. The van der Waals surface area contributed by atoms with Crippen molar-refractivity contribution in [2.45, 2.75) is 12.5 Å². The van der Waals surface area contributed by atoms with Gasteiger partial charge in [-0.3, -0.25) is 9.36 Å². The van der Waals surface area contributed by atoms with Gasteiger partial charge >= 0.3 is 5.97 Å². The number of aliphatic hydroxyl groups excluding tert-OH is 1. The van der Waals surface area contributed by atoms with Gasteiger partial charge in [-0.1, -0.05) is 0 Å². The third-order valence-electron chi connectivity index (χ3n) is 4.23. The van der Waals surface area contributed by atoms with Crippen LogP contribution in [0.25, 0.3) is 16.2 Å². The summed E-state index contributed by atoms with van der Waals surface area (Å²) in [6, 6.07) is 1.00. The van der Waals surface area contributed by atoms with Gasteiger partial charge in [0, 0.05) is 30.9 Å². The molecule has 4 heterocycles. The van der Waals surface area contributed by atoms with E-state index in [-0.39, 0.29) is 35.8 Å². The molecule has 0 amide bonds. The van der Waals surface area contributed by atoms with Gasteiger partial charge in [0.2, 0.25) is 5.43 Å². The highest BCUT2D eigenvalue weighted by Crippen LogP contribution is 2.26. The molecule has 1 saturated heterocycles. The second kappa shape index (κ2) is 7.22. The van der Waals surface area contributed by atoms with Crippen LogP contribution in [0.2, 0.25) is 0 Å². The minimum atomic E-state index is -1.41. The lowest BCUT2D eigenvalue weighted by atomic mass is 10.2. The molecule has 1 atom stereocenters. The van der Waals surface area contributed by atoms with Crippen LogP contribution >= 0.6 is 23.7 Å². The van der Waals surface area contributed by atoms with E-state index in [1.54, 1.807) is 10.3 Å². The van der Waals surface area contributed by atoms with Crippen molar-refractivity contribution in [1.29, 1.82) is 0 Å². The van der Waals surface area contributed by atoms with E-state index in [0.717, 1.165) is 12.3 Å². The molecule has 0 spiro atoms. The maximum atomic E-state index is 14.6. The summed E-state index contributed by atoms with van der Waals surface area (Å²) in [5.74, 6) is -2.13. The molecule has 0 saturated carbocycles. The quantitative estimate of drug-likeness (QED) is 0.673. The van der Waals surface area contributed by atoms with Gasteiger partial charge in [-0.2, -0.15) is 0 Å². The number of anilines is 1. The number of nitrogens with zero attached hydrogens (tertiary/aromatic N) is 4. The van der Waals surface area contributed by atoms with E-state index in [4.69, 9.17) is 0 Å². The number of halogens is 2. The average molecular weight is 413 g/mol. The van der Waals surface area contributed by atoms with Crippen molar-refractivity contribution in [1.82, 2.24) is 14.5 Å². The number of thiazole rings is 1. The molecule has 0 aromatic carbocycles. The van der Waals surface area contributed by atoms with Crippen LogP contribution in [0.4, 0.5) is 10.2 Å². The summed E-state index contributed by atoms with van der Waals surface area (Å²) in [6.45, 7) is 0.676. The van der Waals surface area contributed by atoms with Crippen LogP contribution < -0.4 is 10.3 Å². The number of aliphatic hydroxyl groups is 1. The summed E-state index contributed by atoms with van der Waals surface area (Å²) in [4.78, 5) is 33.9. The van der Waals surface area contributed by atoms with Crippen LogP contribution in [0.3, 0.4) is 0 Å². The molecule has 27 heavy (non-hydrogen) atoms. The van der Waals surface area contributed by atoms with Crippen LogP contribution in [-0.4, -0.2) is 49.9 Å². The zero-order valence-corrected chi connectivity index (χ0v) is 15.3. The van der Waals surface area contributed by atoms with Crippen molar-refractivity contribution in [3.63, 3.8) is 0 Å². The molecule has 0 aliphatic carbocycles. The zero-order valence-electron chi connectivity index (χ0n) is 13.7. The lowest BCUT2D eigenvalue weighted by Crippen LogP contribution is -2.25. The number of fused-ring (bicyclic) bond motifs is 1. The molecule has 1 aliphatic rings. The molecule has 0 bridgehead atoms. The number of pyridine rings is 2. The Morgan fingerprint density at radius 3 is 2.78 bits per heavy atom. The number of β-amino-alcohol motifs (C(OH)–C–C–N with tert-alkyl or cyclic N) is 1. The van der Waals surface area contributed by atoms with E-state index in [0.29, 0.717) is 18.1 Å². The topological polar surface area (TPSA) is 109 Å². The number of hydrogen-bond acceptors (Lipinski definition) is 7. The summed E-state index contributed by atoms with van der Waals surface area (Å²) in [5, 5.41) is 20.9. The molecule has 2 N–H and O–H groups in total. The monoisotopic (exact) mass is 412 g/mol. The van der Waals surface area contributed by atoms with Gasteiger partial charge in [0.1, 0.15) is 5.56 Å². The number of aromatic nitrogens is 3. The highest BCUT2D eigenvalue weighted by atomic mass is 35.5. The molecular weight excluding hydrogens is 399 g/mol. The maximum Gasteiger partial charge on any atom is 0.341 e. The highest BCUT2D eigenvalue weighted by Gasteiger charge is 2.26. The number of rotatable bonds is 3. The Balaban J connectivity index is 0.00000210. The Morgan fingerprint density at radius 1 is 1.41 bits per heavy atom. The molecule has 0 radical (unpaired) electrons. The molecule has 8 nitrogen and oxygen atoms in total. The molecule has 4 rings (SSSR count). The molecule has 3 aromatic rings. The van der Waals surface area contributed by atoms with E-state index >= 15 is 0 Å². The van der Waals surface area contributed by atoms with Crippen molar-refractivity contribution in [2.24, 2.45) is 0 Å². The molecule has 11 heteroatoms. The smallest absolute Gasteiger partial charge is 0.341 e. The van der Waals surface area contributed by atoms with Crippen LogP contribution in [0, 0.1) is 5.82 Å². The SMILES string of the molecule is Cl.O=C(O)c1cn(-c2nccs2)c2nc(N3CC[C@@H](O)C3)c(F)cc2c1=O. The first kappa shape index (κ1) is 19.2. The van der Waals surface area contributed by atoms with E-state index in [9.17, 15) is 24.2 Å². The Kier molecular flexibility index (Phi) is 5.13. The first-order valence-corrected chi connectivity index (χ1v) is 8.65. The number of carbonyl (C=O) groups is 1. The molecule has 0 unspecified atom stereocenters. The zero-order chi connectivity index (χ0) is 18.4. The Bertz CT molecular complexity index is 1070. The fourth-order valence-corrected chi connectivity index (χ4v) is 3.62. The number of carboxylic acids is 1. The van der Waals surface area contributed by atoms with Gasteiger partial charge in [-0.15, -0.1) is 23.7 Å². The predicted octanol–water partition coefficient (Wildman–Crippen LogP) is 1.67. The molecule has 142 valence electrons. The normalized spacial score (nSPS) is 16.5. The Labute approximate surface area is 161 Å². The van der Waals surface area contributed by atoms with Crippen molar-refractivity contribution in [2.75, 3.05) is 18.0 Å². The average Bonchev–Trinajstić information content (AvgIpc) is 3.26. The maximum absolute atomic E-state index is 14.6. The van der Waals surface area contributed by atoms with Crippen molar-refractivity contribution < 1.29 is 19.4 Å². The Hall–Kier alpha value is -2.56. The Morgan fingerprint density at radius 2 is 2.19 bits per heavy atom. The van der Waals surface area contributed by atoms with Gasteiger partial charge in [0.15, 0.2) is 22.4 Å². The summed E-state index contributed by atoms with van der Waals surface area (Å²) in [7, 11) is 0. The molecular formula is C16H14ClFN4O4S. The predicted molar refractivity (Wildman–Crippen MR) is 100 cm³/mol. The first-order valence-electron chi connectivity index (χ1n) is 7.78. The first-order chi connectivity index (χ1) is 12.5. The summed E-state index contributed by atoms with van der Waals surface area (Å²) in [6.07, 6.45) is 2.61. The molecule has 1 fully saturated rings. The van der Waals surface area contributed by atoms with Crippen LogP contribution in [0.1, 0.15) is 16.8 Å². The summed E-state index contributed by atoms with van der Waals surface area (Å²) >= 11 is 1.23. The van der Waals surface area contributed by atoms with Gasteiger partial charge in [0.05, 0.1) is 11.5 Å². The fraction of sp³-hybridized carbons (Fsp3) is 0.250. The largest absolute Gasteiger partial charge is 0.477 e. The van der Waals surface area contributed by atoms with Crippen molar-refractivity contribution in [3.05, 3.63) is 45.4 Å². The fourth-order valence-electron chi connectivity index (χ4n) is 3.00. The number of hydrogen-bond donors (Lipinski definition) is 2. The summed E-state index contributed by atoms with van der Waals surface area (Å²) in [5.41, 5.74) is -1.18. The number of carboxylic acid groups (broad SMARTS) is 1. The third kappa shape index (κ3) is 3.27.